The van der Waals surface area contributed by atoms with Crippen molar-refractivity contribution in [2.24, 2.45) is 5.73 Å². The fourth-order valence-electron chi connectivity index (χ4n) is 1.52. The summed E-state index contributed by atoms with van der Waals surface area (Å²) in [5.74, 6) is -0.338. The van der Waals surface area contributed by atoms with Gasteiger partial charge in [0, 0.05) is 18.7 Å². The minimum atomic E-state index is -0.638. The van der Waals surface area contributed by atoms with Crippen molar-refractivity contribution in [3.8, 4) is 6.07 Å². The van der Waals surface area contributed by atoms with E-state index in [0.717, 1.165) is 0 Å². The number of nitrogens with two attached hydrogens (primary N) is 1. The fraction of sp³-hybridized carbons (Fsp3) is 0.385. The molecule has 1 aromatic rings. The van der Waals surface area contributed by atoms with Gasteiger partial charge in [-0.05, 0) is 31.0 Å². The van der Waals surface area contributed by atoms with Crippen molar-refractivity contribution in [1.29, 1.82) is 5.26 Å². The maximum atomic E-state index is 11.9. The lowest BCUT2D eigenvalue weighted by molar-refractivity contribution is -0.117. The molecule has 102 valence electrons. The quantitative estimate of drug-likeness (QED) is 0.780. The molecule has 0 bridgehead atoms. The zero-order chi connectivity index (χ0) is 14.3. The van der Waals surface area contributed by atoms with Crippen LogP contribution in [-0.4, -0.2) is 25.7 Å². The van der Waals surface area contributed by atoms with Crippen molar-refractivity contribution in [2.75, 3.05) is 19.0 Å². The lowest BCUT2D eigenvalue weighted by atomic mass is 10.1. The summed E-state index contributed by atoms with van der Waals surface area (Å²) < 4.78 is 4.89. The van der Waals surface area contributed by atoms with Crippen LogP contribution in [-0.2, 0) is 9.53 Å². The molecule has 1 unspecified atom stereocenters. The molecule has 0 saturated heterocycles. The van der Waals surface area contributed by atoms with Gasteiger partial charge in [0.2, 0.25) is 5.91 Å². The van der Waals surface area contributed by atoms with Crippen molar-refractivity contribution in [1.82, 2.24) is 0 Å². The third-order valence-corrected chi connectivity index (χ3v) is 2.80. The van der Waals surface area contributed by atoms with Gasteiger partial charge in [-0.3, -0.25) is 4.79 Å². The van der Waals surface area contributed by atoms with Crippen LogP contribution in [0.1, 0.15) is 18.4 Å². The van der Waals surface area contributed by atoms with Crippen LogP contribution in [0.4, 0.5) is 5.69 Å². The number of carbonyl (C=O) groups is 1. The molecule has 0 aliphatic heterocycles. The molecule has 0 radical (unpaired) electrons. The predicted molar refractivity (Wildman–Crippen MR) is 73.9 cm³/mol. The number of ether oxygens (including phenoxy) is 1. The van der Waals surface area contributed by atoms with Crippen LogP contribution in [0.25, 0.3) is 0 Å². The molecule has 6 heteroatoms. The number of methoxy groups -OCH3 is 1. The second kappa shape index (κ2) is 7.74. The average molecular weight is 282 g/mol. The van der Waals surface area contributed by atoms with Crippen LogP contribution in [0, 0.1) is 11.3 Å². The summed E-state index contributed by atoms with van der Waals surface area (Å²) in [5.41, 5.74) is 6.48. The first kappa shape index (κ1) is 15.4. The molecule has 0 heterocycles. The number of nitrogens with one attached hydrogen (secondary N) is 1. The largest absolute Gasteiger partial charge is 0.385 e. The van der Waals surface area contributed by atoms with Gasteiger partial charge in [-0.25, -0.2) is 0 Å². The van der Waals surface area contributed by atoms with E-state index in [1.807, 2.05) is 6.07 Å². The third-order valence-electron chi connectivity index (χ3n) is 2.56. The van der Waals surface area contributed by atoms with Crippen LogP contribution in [0.2, 0.25) is 5.02 Å². The van der Waals surface area contributed by atoms with Crippen LogP contribution in [0.3, 0.4) is 0 Å². The maximum Gasteiger partial charge on any atom is 0.241 e. The molecule has 0 aliphatic carbocycles. The first-order valence-electron chi connectivity index (χ1n) is 5.83. The van der Waals surface area contributed by atoms with Crippen molar-refractivity contribution in [2.45, 2.75) is 18.9 Å². The summed E-state index contributed by atoms with van der Waals surface area (Å²) >= 11 is 5.83. The van der Waals surface area contributed by atoms with Crippen LogP contribution >= 0.6 is 11.6 Å². The summed E-state index contributed by atoms with van der Waals surface area (Å²) in [5, 5.41) is 12.0. The molecule has 0 spiro atoms. The Bertz CT molecular complexity index is 485. The number of halogens is 1. The number of hydrogen-bond acceptors (Lipinski definition) is 4. The highest BCUT2D eigenvalue weighted by atomic mass is 35.5. The average Bonchev–Trinajstić information content (AvgIpc) is 2.39. The van der Waals surface area contributed by atoms with Gasteiger partial charge in [-0.1, -0.05) is 11.6 Å². The Kier molecular flexibility index (Phi) is 6.30. The highest BCUT2D eigenvalue weighted by Gasteiger charge is 2.15. The van der Waals surface area contributed by atoms with E-state index in [1.54, 1.807) is 19.2 Å². The van der Waals surface area contributed by atoms with E-state index < -0.39 is 6.04 Å². The first-order chi connectivity index (χ1) is 9.08. The molecule has 1 aromatic carbocycles. The Hall–Kier alpha value is -1.61. The Morgan fingerprint density at radius 2 is 2.37 bits per heavy atom. The number of rotatable bonds is 6. The van der Waals surface area contributed by atoms with Crippen molar-refractivity contribution in [3.05, 3.63) is 28.8 Å². The fourth-order valence-corrected chi connectivity index (χ4v) is 1.69. The van der Waals surface area contributed by atoms with Gasteiger partial charge in [0.05, 0.1) is 17.3 Å². The van der Waals surface area contributed by atoms with E-state index in [9.17, 15) is 4.79 Å². The summed E-state index contributed by atoms with van der Waals surface area (Å²) in [6.07, 6.45) is 1.22. The second-order valence-corrected chi connectivity index (χ2v) is 4.47. The predicted octanol–water partition coefficient (Wildman–Crippen LogP) is 1.90. The topological polar surface area (TPSA) is 88.1 Å². The van der Waals surface area contributed by atoms with E-state index in [1.165, 1.54) is 6.07 Å². The Balaban J connectivity index is 2.66. The van der Waals surface area contributed by atoms with Crippen LogP contribution in [0.5, 0.6) is 0 Å². The molecule has 1 amide bonds. The molecule has 5 nitrogen and oxygen atoms in total. The van der Waals surface area contributed by atoms with Crippen LogP contribution < -0.4 is 11.1 Å². The number of nitrogens with zero attached hydrogens (tertiary/aromatic N) is 1. The molecule has 3 N–H and O–H groups in total. The van der Waals surface area contributed by atoms with E-state index in [0.29, 0.717) is 35.7 Å². The number of anilines is 1. The third kappa shape index (κ3) is 4.87. The summed E-state index contributed by atoms with van der Waals surface area (Å²) in [6, 6.07) is 6.02. The van der Waals surface area contributed by atoms with Gasteiger partial charge >= 0.3 is 0 Å². The van der Waals surface area contributed by atoms with Gasteiger partial charge in [-0.15, -0.1) is 0 Å². The molecular weight excluding hydrogens is 266 g/mol. The lowest BCUT2D eigenvalue weighted by Crippen LogP contribution is -2.35. The number of carbonyl (C=O) groups excluding carboxylic acids is 1. The SMILES string of the molecule is COCCCC(N)C(=O)Nc1cc(Cl)ccc1C#N. The summed E-state index contributed by atoms with van der Waals surface area (Å²) in [4.78, 5) is 11.9. The number of nitriles is 1. The lowest BCUT2D eigenvalue weighted by Gasteiger charge is -2.13. The zero-order valence-electron chi connectivity index (χ0n) is 10.6. The molecule has 0 aromatic heterocycles. The van der Waals surface area contributed by atoms with Gasteiger partial charge in [0.15, 0.2) is 0 Å². The molecular formula is C13H16ClN3O2. The standard InChI is InChI=1S/C13H16ClN3O2/c1-19-6-2-3-11(16)13(18)17-12-7-10(14)5-4-9(12)8-15/h4-5,7,11H,2-3,6,16H2,1H3,(H,17,18). The van der Waals surface area contributed by atoms with E-state index in [2.05, 4.69) is 5.32 Å². The summed E-state index contributed by atoms with van der Waals surface area (Å²) in [6.45, 7) is 0.557. The number of amides is 1. The maximum absolute atomic E-state index is 11.9. The monoisotopic (exact) mass is 281 g/mol. The van der Waals surface area contributed by atoms with Gasteiger partial charge < -0.3 is 15.8 Å². The minimum absolute atomic E-state index is 0.338. The number of hydrogen-bond donors (Lipinski definition) is 2. The molecule has 0 saturated carbocycles. The highest BCUT2D eigenvalue weighted by molar-refractivity contribution is 6.31. The summed E-state index contributed by atoms with van der Waals surface area (Å²) in [7, 11) is 1.59. The van der Waals surface area contributed by atoms with Crippen LogP contribution in [0.15, 0.2) is 18.2 Å². The highest BCUT2D eigenvalue weighted by Crippen LogP contribution is 2.20. The molecule has 0 aliphatic rings. The van der Waals surface area contributed by atoms with Crippen molar-refractivity contribution >= 4 is 23.2 Å². The van der Waals surface area contributed by atoms with E-state index >= 15 is 0 Å². The Morgan fingerprint density at radius 3 is 3.00 bits per heavy atom. The molecule has 1 rings (SSSR count). The zero-order valence-corrected chi connectivity index (χ0v) is 11.4. The minimum Gasteiger partial charge on any atom is -0.385 e. The van der Waals surface area contributed by atoms with E-state index in [4.69, 9.17) is 27.3 Å². The van der Waals surface area contributed by atoms with Gasteiger partial charge in [-0.2, -0.15) is 5.26 Å². The Labute approximate surface area is 117 Å². The first-order valence-corrected chi connectivity index (χ1v) is 6.21. The normalized spacial score (nSPS) is 11.7. The second-order valence-electron chi connectivity index (χ2n) is 4.03. The van der Waals surface area contributed by atoms with E-state index in [-0.39, 0.29) is 5.91 Å². The van der Waals surface area contributed by atoms with Gasteiger partial charge in [0.1, 0.15) is 6.07 Å². The molecule has 0 fully saturated rings. The van der Waals surface area contributed by atoms with Crippen molar-refractivity contribution in [3.63, 3.8) is 0 Å². The number of benzene rings is 1. The molecule has 1 atom stereocenters. The van der Waals surface area contributed by atoms with Gasteiger partial charge in [0.25, 0.3) is 0 Å². The Morgan fingerprint density at radius 1 is 1.63 bits per heavy atom. The smallest absolute Gasteiger partial charge is 0.241 e. The molecule has 19 heavy (non-hydrogen) atoms. The van der Waals surface area contributed by atoms with Crippen molar-refractivity contribution < 1.29 is 9.53 Å².